The van der Waals surface area contributed by atoms with E-state index in [2.05, 4.69) is 10.6 Å². The van der Waals surface area contributed by atoms with Crippen LogP contribution in [-0.2, 0) is 4.79 Å². The molecule has 3 rings (SSSR count). The molecule has 104 valence electrons. The summed E-state index contributed by atoms with van der Waals surface area (Å²) in [4.78, 5) is 11.9. The Morgan fingerprint density at radius 1 is 1.42 bits per heavy atom. The molecule has 0 aromatic heterocycles. The molecule has 2 fully saturated rings. The summed E-state index contributed by atoms with van der Waals surface area (Å²) in [6, 6.07) is 6.86. The second kappa shape index (κ2) is 5.88. The van der Waals surface area contributed by atoms with Crippen LogP contribution in [0.1, 0.15) is 24.3 Å². The minimum Gasteiger partial charge on any atom is -0.352 e. The molecule has 0 radical (unpaired) electrons. The lowest BCUT2D eigenvalue weighted by atomic mass is 10.1. The Morgan fingerprint density at radius 3 is 2.95 bits per heavy atom. The number of hydrogen-bond donors (Lipinski definition) is 2. The van der Waals surface area contributed by atoms with E-state index in [4.69, 9.17) is 0 Å². The number of rotatable bonds is 3. The Kier molecular flexibility index (Phi) is 4.42. The summed E-state index contributed by atoms with van der Waals surface area (Å²) < 4.78 is 13.1. The van der Waals surface area contributed by atoms with Crippen molar-refractivity contribution in [1.29, 1.82) is 0 Å². The zero-order valence-electron chi connectivity index (χ0n) is 10.6. The van der Waals surface area contributed by atoms with Crippen LogP contribution in [0.3, 0.4) is 0 Å². The zero-order valence-corrected chi connectivity index (χ0v) is 11.4. The lowest BCUT2D eigenvalue weighted by Crippen LogP contribution is -2.34. The topological polar surface area (TPSA) is 41.1 Å². The molecule has 1 aliphatic heterocycles. The van der Waals surface area contributed by atoms with Gasteiger partial charge in [0.2, 0.25) is 5.91 Å². The van der Waals surface area contributed by atoms with Crippen molar-refractivity contribution in [1.82, 2.24) is 10.6 Å². The van der Waals surface area contributed by atoms with Gasteiger partial charge in [-0.15, -0.1) is 12.4 Å². The van der Waals surface area contributed by atoms with Gasteiger partial charge in [-0.3, -0.25) is 4.79 Å². The molecule has 3 nitrogen and oxygen atoms in total. The SMILES string of the molecule is Cl.O=C(NC1CC1c1cccc(F)c1)C1CCNC1. The van der Waals surface area contributed by atoms with Gasteiger partial charge >= 0.3 is 0 Å². The first-order valence-electron chi connectivity index (χ1n) is 6.50. The molecule has 2 N–H and O–H groups in total. The standard InChI is InChI=1S/C14H17FN2O.ClH/c15-11-3-1-2-9(6-11)12-7-13(12)17-14(18)10-4-5-16-8-10;/h1-3,6,10,12-13,16H,4-5,7-8H2,(H,17,18);1H. The van der Waals surface area contributed by atoms with Gasteiger partial charge < -0.3 is 10.6 Å². The molecule has 1 heterocycles. The highest BCUT2D eigenvalue weighted by Gasteiger charge is 2.40. The van der Waals surface area contributed by atoms with Gasteiger partial charge in [0.25, 0.3) is 0 Å². The average Bonchev–Trinajstić information content (AvgIpc) is 2.91. The van der Waals surface area contributed by atoms with E-state index in [1.54, 1.807) is 12.1 Å². The van der Waals surface area contributed by atoms with Crippen LogP contribution in [-0.4, -0.2) is 25.0 Å². The number of hydrogen-bond acceptors (Lipinski definition) is 2. The van der Waals surface area contributed by atoms with E-state index in [-0.39, 0.29) is 36.1 Å². The molecule has 0 spiro atoms. The van der Waals surface area contributed by atoms with Crippen molar-refractivity contribution in [2.45, 2.75) is 24.8 Å². The van der Waals surface area contributed by atoms with E-state index >= 15 is 0 Å². The maximum atomic E-state index is 13.1. The van der Waals surface area contributed by atoms with Crippen LogP contribution in [0.5, 0.6) is 0 Å². The van der Waals surface area contributed by atoms with Crippen LogP contribution in [0.25, 0.3) is 0 Å². The lowest BCUT2D eigenvalue weighted by molar-refractivity contribution is -0.124. The molecule has 1 saturated heterocycles. The van der Waals surface area contributed by atoms with Gasteiger partial charge in [0.05, 0.1) is 5.92 Å². The van der Waals surface area contributed by atoms with E-state index in [0.717, 1.165) is 31.5 Å². The van der Waals surface area contributed by atoms with Gasteiger partial charge in [0.1, 0.15) is 5.82 Å². The second-order valence-electron chi connectivity index (χ2n) is 5.20. The monoisotopic (exact) mass is 284 g/mol. The number of amides is 1. The molecule has 1 saturated carbocycles. The summed E-state index contributed by atoms with van der Waals surface area (Å²) in [5.74, 6) is 0.339. The number of carbonyl (C=O) groups is 1. The van der Waals surface area contributed by atoms with Crippen LogP contribution in [0.2, 0.25) is 0 Å². The molecule has 5 heteroatoms. The van der Waals surface area contributed by atoms with E-state index in [9.17, 15) is 9.18 Å². The fraction of sp³-hybridized carbons (Fsp3) is 0.500. The molecule has 2 aliphatic rings. The molecular weight excluding hydrogens is 267 g/mol. The first-order valence-corrected chi connectivity index (χ1v) is 6.50. The van der Waals surface area contributed by atoms with Crippen molar-refractivity contribution in [3.8, 4) is 0 Å². The number of carbonyl (C=O) groups excluding carboxylic acids is 1. The molecule has 1 aromatic carbocycles. The molecule has 19 heavy (non-hydrogen) atoms. The summed E-state index contributed by atoms with van der Waals surface area (Å²) in [5, 5.41) is 6.25. The molecule has 1 amide bonds. The zero-order chi connectivity index (χ0) is 12.5. The largest absolute Gasteiger partial charge is 0.352 e. The van der Waals surface area contributed by atoms with E-state index in [0.29, 0.717) is 5.92 Å². The van der Waals surface area contributed by atoms with Gasteiger partial charge in [-0.05, 0) is 37.1 Å². The normalized spacial score (nSPS) is 28.6. The number of nitrogens with one attached hydrogen (secondary N) is 2. The van der Waals surface area contributed by atoms with Crippen LogP contribution < -0.4 is 10.6 Å². The quantitative estimate of drug-likeness (QED) is 0.889. The van der Waals surface area contributed by atoms with Crippen molar-refractivity contribution in [3.05, 3.63) is 35.6 Å². The third-order valence-corrected chi connectivity index (χ3v) is 3.83. The van der Waals surface area contributed by atoms with E-state index < -0.39 is 0 Å². The van der Waals surface area contributed by atoms with Crippen molar-refractivity contribution in [2.75, 3.05) is 13.1 Å². The summed E-state index contributed by atoms with van der Waals surface area (Å²) in [6.07, 6.45) is 1.85. The molecule has 1 aromatic rings. The first kappa shape index (κ1) is 14.3. The Labute approximate surface area is 118 Å². The maximum Gasteiger partial charge on any atom is 0.224 e. The summed E-state index contributed by atoms with van der Waals surface area (Å²) >= 11 is 0. The van der Waals surface area contributed by atoms with Gasteiger partial charge in [0.15, 0.2) is 0 Å². The van der Waals surface area contributed by atoms with Gasteiger partial charge in [-0.1, -0.05) is 12.1 Å². The van der Waals surface area contributed by atoms with Crippen LogP contribution in [0, 0.1) is 11.7 Å². The first-order chi connectivity index (χ1) is 8.74. The second-order valence-corrected chi connectivity index (χ2v) is 5.20. The van der Waals surface area contributed by atoms with E-state index in [1.807, 2.05) is 6.07 Å². The minimum atomic E-state index is -0.204. The van der Waals surface area contributed by atoms with Crippen LogP contribution >= 0.6 is 12.4 Å². The lowest BCUT2D eigenvalue weighted by Gasteiger charge is -2.09. The molecule has 3 unspecified atom stereocenters. The maximum absolute atomic E-state index is 13.1. The van der Waals surface area contributed by atoms with Gasteiger partial charge in [-0.2, -0.15) is 0 Å². The highest BCUT2D eigenvalue weighted by atomic mass is 35.5. The Bertz CT molecular complexity index is 463. The predicted octanol–water partition coefficient (Wildman–Crippen LogP) is 1.83. The fourth-order valence-electron chi connectivity index (χ4n) is 2.64. The minimum absolute atomic E-state index is 0. The average molecular weight is 285 g/mol. The van der Waals surface area contributed by atoms with Crippen molar-refractivity contribution >= 4 is 18.3 Å². The van der Waals surface area contributed by atoms with Crippen molar-refractivity contribution in [2.24, 2.45) is 5.92 Å². The van der Waals surface area contributed by atoms with Crippen molar-refractivity contribution in [3.63, 3.8) is 0 Å². The van der Waals surface area contributed by atoms with Gasteiger partial charge in [0, 0.05) is 18.5 Å². The molecule has 0 bridgehead atoms. The third kappa shape index (κ3) is 3.25. The smallest absolute Gasteiger partial charge is 0.224 e. The third-order valence-electron chi connectivity index (χ3n) is 3.83. The molecule has 1 aliphatic carbocycles. The molecular formula is C14H18ClFN2O. The Morgan fingerprint density at radius 2 is 2.26 bits per heavy atom. The highest BCUT2D eigenvalue weighted by molar-refractivity contribution is 5.85. The summed E-state index contributed by atoms with van der Waals surface area (Å²) in [5.41, 5.74) is 0.991. The fourth-order valence-corrected chi connectivity index (χ4v) is 2.64. The predicted molar refractivity (Wildman–Crippen MR) is 73.9 cm³/mol. The Balaban J connectivity index is 0.00000133. The number of benzene rings is 1. The van der Waals surface area contributed by atoms with Crippen molar-refractivity contribution < 1.29 is 9.18 Å². The van der Waals surface area contributed by atoms with Crippen LogP contribution in [0.4, 0.5) is 4.39 Å². The Hall–Kier alpha value is -1.13. The summed E-state index contributed by atoms with van der Waals surface area (Å²) in [6.45, 7) is 1.71. The van der Waals surface area contributed by atoms with Crippen LogP contribution in [0.15, 0.2) is 24.3 Å². The van der Waals surface area contributed by atoms with E-state index in [1.165, 1.54) is 6.07 Å². The molecule has 3 atom stereocenters. The summed E-state index contributed by atoms with van der Waals surface area (Å²) in [7, 11) is 0. The van der Waals surface area contributed by atoms with Gasteiger partial charge in [-0.25, -0.2) is 4.39 Å². The highest BCUT2D eigenvalue weighted by Crippen LogP contribution is 2.41. The number of halogens is 2.